The summed E-state index contributed by atoms with van der Waals surface area (Å²) < 4.78 is 0. The van der Waals surface area contributed by atoms with Crippen LogP contribution in [0.1, 0.15) is 25.8 Å². The molecule has 4 nitrogen and oxygen atoms in total. The van der Waals surface area contributed by atoms with Gasteiger partial charge in [0.2, 0.25) is 5.95 Å². The second kappa shape index (κ2) is 6.29. The molecule has 0 aliphatic carbocycles. The molecule has 0 saturated heterocycles. The summed E-state index contributed by atoms with van der Waals surface area (Å²) >= 11 is 5.67. The van der Waals surface area contributed by atoms with Crippen molar-refractivity contribution in [2.45, 2.75) is 32.2 Å². The first-order chi connectivity index (χ1) is 7.69. The quantitative estimate of drug-likeness (QED) is 0.739. The molecule has 0 saturated carbocycles. The highest BCUT2D eigenvalue weighted by atomic mass is 35.5. The van der Waals surface area contributed by atoms with Gasteiger partial charge >= 0.3 is 0 Å². The monoisotopic (exact) mass is 238 g/mol. The molecule has 0 atom stereocenters. The summed E-state index contributed by atoms with van der Waals surface area (Å²) in [6.07, 6.45) is 3.91. The number of anilines is 1. The Balaban J connectivity index is 2.80. The summed E-state index contributed by atoms with van der Waals surface area (Å²) in [6.45, 7) is 4.75. The third-order valence-corrected chi connectivity index (χ3v) is 2.50. The summed E-state index contributed by atoms with van der Waals surface area (Å²) in [5, 5.41) is 8.59. The lowest BCUT2D eigenvalue weighted by Crippen LogP contribution is -2.33. The third-order valence-electron chi connectivity index (χ3n) is 2.19. The van der Waals surface area contributed by atoms with Gasteiger partial charge in [-0.1, -0.05) is 0 Å². The van der Waals surface area contributed by atoms with Crippen LogP contribution in [0.15, 0.2) is 12.4 Å². The van der Waals surface area contributed by atoms with Crippen LogP contribution in [0.25, 0.3) is 0 Å². The first kappa shape index (κ1) is 12.7. The van der Waals surface area contributed by atoms with Crippen molar-refractivity contribution < 1.29 is 0 Å². The zero-order chi connectivity index (χ0) is 12.0. The Bertz CT molecular complexity index is 355. The fourth-order valence-corrected chi connectivity index (χ4v) is 1.46. The Labute approximate surface area is 101 Å². The van der Waals surface area contributed by atoms with E-state index in [9.17, 15) is 0 Å². The lowest BCUT2D eigenvalue weighted by atomic mass is 10.3. The number of nitrogens with zero attached hydrogens (tertiary/aromatic N) is 4. The molecule has 0 aromatic carbocycles. The zero-order valence-electron chi connectivity index (χ0n) is 9.52. The lowest BCUT2D eigenvalue weighted by molar-refractivity contribution is 0.664. The Morgan fingerprint density at radius 1 is 1.44 bits per heavy atom. The standard InChI is InChI=1S/C11H15ClN4/c1-9(2)16(5-3-4-13)11-14-7-10(6-12)8-15-11/h7-9H,3,5-6H2,1-2H3. The van der Waals surface area contributed by atoms with Crippen LogP contribution in [-0.2, 0) is 5.88 Å². The highest BCUT2D eigenvalue weighted by Gasteiger charge is 2.12. The minimum absolute atomic E-state index is 0.273. The third kappa shape index (κ3) is 3.35. The summed E-state index contributed by atoms with van der Waals surface area (Å²) in [6, 6.07) is 2.40. The van der Waals surface area contributed by atoms with Crippen molar-refractivity contribution in [3.8, 4) is 6.07 Å². The molecule has 1 heterocycles. The molecule has 0 N–H and O–H groups in total. The van der Waals surface area contributed by atoms with E-state index in [0.29, 0.717) is 24.8 Å². The first-order valence-electron chi connectivity index (χ1n) is 5.19. The van der Waals surface area contributed by atoms with Gasteiger partial charge in [0.05, 0.1) is 18.4 Å². The van der Waals surface area contributed by atoms with E-state index in [4.69, 9.17) is 16.9 Å². The smallest absolute Gasteiger partial charge is 0.225 e. The van der Waals surface area contributed by atoms with Gasteiger partial charge in [-0.3, -0.25) is 0 Å². The molecule has 0 aliphatic rings. The molecule has 0 fully saturated rings. The maximum atomic E-state index is 8.59. The van der Waals surface area contributed by atoms with Crippen LogP contribution >= 0.6 is 11.6 Å². The van der Waals surface area contributed by atoms with Crippen LogP contribution in [0.5, 0.6) is 0 Å². The minimum atomic E-state index is 0.273. The van der Waals surface area contributed by atoms with E-state index < -0.39 is 0 Å². The van der Waals surface area contributed by atoms with Gasteiger partial charge in [0.15, 0.2) is 0 Å². The maximum absolute atomic E-state index is 8.59. The number of aromatic nitrogens is 2. The Kier molecular flexibility index (Phi) is 5.00. The second-order valence-corrected chi connectivity index (χ2v) is 3.99. The van der Waals surface area contributed by atoms with Crippen molar-refractivity contribution >= 4 is 17.5 Å². The van der Waals surface area contributed by atoms with Crippen LogP contribution in [0.4, 0.5) is 5.95 Å². The molecule has 86 valence electrons. The topological polar surface area (TPSA) is 52.8 Å². The Hall–Kier alpha value is -1.34. The van der Waals surface area contributed by atoms with Crippen LogP contribution in [0, 0.1) is 11.3 Å². The molecule has 0 amide bonds. The van der Waals surface area contributed by atoms with Crippen LogP contribution in [-0.4, -0.2) is 22.6 Å². The number of hydrogen-bond acceptors (Lipinski definition) is 4. The van der Waals surface area contributed by atoms with E-state index in [1.165, 1.54) is 0 Å². The van der Waals surface area contributed by atoms with Crippen molar-refractivity contribution in [1.29, 1.82) is 5.26 Å². The fourth-order valence-electron chi connectivity index (χ4n) is 1.32. The van der Waals surface area contributed by atoms with Gasteiger partial charge in [0.25, 0.3) is 0 Å². The van der Waals surface area contributed by atoms with Crippen molar-refractivity contribution in [1.82, 2.24) is 9.97 Å². The van der Waals surface area contributed by atoms with Crippen molar-refractivity contribution in [3.05, 3.63) is 18.0 Å². The predicted octanol–water partition coefficient (Wildman–Crippen LogP) is 2.34. The van der Waals surface area contributed by atoms with E-state index in [0.717, 1.165) is 5.56 Å². The van der Waals surface area contributed by atoms with Crippen molar-refractivity contribution in [2.75, 3.05) is 11.4 Å². The lowest BCUT2D eigenvalue weighted by Gasteiger charge is -2.25. The number of nitriles is 1. The van der Waals surface area contributed by atoms with Gasteiger partial charge < -0.3 is 4.90 Å². The molecule has 0 spiro atoms. The number of rotatable bonds is 5. The van der Waals surface area contributed by atoms with E-state index in [2.05, 4.69) is 29.9 Å². The van der Waals surface area contributed by atoms with E-state index >= 15 is 0 Å². The van der Waals surface area contributed by atoms with Crippen LogP contribution in [0.2, 0.25) is 0 Å². The molecule has 0 radical (unpaired) electrons. The summed E-state index contributed by atoms with van der Waals surface area (Å²) in [5.74, 6) is 1.07. The van der Waals surface area contributed by atoms with E-state index in [1.54, 1.807) is 12.4 Å². The van der Waals surface area contributed by atoms with Crippen LogP contribution in [0.3, 0.4) is 0 Å². The van der Waals surface area contributed by atoms with Crippen molar-refractivity contribution in [3.63, 3.8) is 0 Å². The molecule has 1 aromatic rings. The first-order valence-corrected chi connectivity index (χ1v) is 5.73. The van der Waals surface area contributed by atoms with Gasteiger partial charge in [-0.2, -0.15) is 5.26 Å². The summed E-state index contributed by atoms with van der Waals surface area (Å²) in [7, 11) is 0. The molecule has 0 unspecified atom stereocenters. The normalized spacial score (nSPS) is 10.2. The van der Waals surface area contributed by atoms with Crippen LogP contribution < -0.4 is 4.90 Å². The van der Waals surface area contributed by atoms with Gasteiger partial charge in [-0.15, -0.1) is 11.6 Å². The number of hydrogen-bond donors (Lipinski definition) is 0. The average Bonchev–Trinajstić information content (AvgIpc) is 2.30. The second-order valence-electron chi connectivity index (χ2n) is 3.72. The molecular formula is C11H15ClN4. The van der Waals surface area contributed by atoms with Crippen molar-refractivity contribution in [2.24, 2.45) is 0 Å². The maximum Gasteiger partial charge on any atom is 0.225 e. The average molecular weight is 239 g/mol. The molecular weight excluding hydrogens is 224 g/mol. The van der Waals surface area contributed by atoms with Gasteiger partial charge in [0.1, 0.15) is 0 Å². The number of halogens is 1. The van der Waals surface area contributed by atoms with E-state index in [1.807, 2.05) is 4.90 Å². The van der Waals surface area contributed by atoms with Gasteiger partial charge in [-0.05, 0) is 13.8 Å². The largest absolute Gasteiger partial charge is 0.337 e. The van der Waals surface area contributed by atoms with E-state index in [-0.39, 0.29) is 6.04 Å². The highest BCUT2D eigenvalue weighted by molar-refractivity contribution is 6.17. The zero-order valence-corrected chi connectivity index (χ0v) is 10.3. The summed E-state index contributed by atoms with van der Waals surface area (Å²) in [4.78, 5) is 10.5. The molecule has 0 aliphatic heterocycles. The van der Waals surface area contributed by atoms with Gasteiger partial charge in [-0.25, -0.2) is 9.97 Å². The minimum Gasteiger partial charge on any atom is -0.337 e. The highest BCUT2D eigenvalue weighted by Crippen LogP contribution is 2.12. The molecule has 16 heavy (non-hydrogen) atoms. The fraction of sp³-hybridized carbons (Fsp3) is 0.545. The predicted molar refractivity (Wildman–Crippen MR) is 64.3 cm³/mol. The molecule has 0 bridgehead atoms. The summed E-state index contributed by atoms with van der Waals surface area (Å²) in [5.41, 5.74) is 0.898. The SMILES string of the molecule is CC(C)N(CCC#N)c1ncc(CCl)cn1. The van der Waals surface area contributed by atoms with Gasteiger partial charge in [0, 0.05) is 30.5 Å². The Morgan fingerprint density at radius 2 is 2.06 bits per heavy atom. The molecule has 1 aromatic heterocycles. The molecule has 1 rings (SSSR count). The molecule has 5 heteroatoms. The Morgan fingerprint density at radius 3 is 2.50 bits per heavy atom. The number of alkyl halides is 1.